The summed E-state index contributed by atoms with van der Waals surface area (Å²) in [5.74, 6) is 0.306. The van der Waals surface area contributed by atoms with Crippen LogP contribution >= 0.6 is 11.6 Å². The van der Waals surface area contributed by atoms with Crippen molar-refractivity contribution < 1.29 is 5.11 Å². The first-order valence-corrected chi connectivity index (χ1v) is 8.12. The molecule has 2 aromatic rings. The van der Waals surface area contributed by atoms with Crippen LogP contribution in [0.4, 0.5) is 5.69 Å². The minimum Gasteiger partial charge on any atom is -0.388 e. The highest BCUT2D eigenvalue weighted by atomic mass is 35.5. The summed E-state index contributed by atoms with van der Waals surface area (Å²) in [4.78, 5) is 6.62. The first-order chi connectivity index (χ1) is 10.6. The van der Waals surface area contributed by atoms with Gasteiger partial charge in [0.2, 0.25) is 0 Å². The first kappa shape index (κ1) is 15.3. The summed E-state index contributed by atoms with van der Waals surface area (Å²) in [6.07, 6.45) is 3.44. The molecule has 3 rings (SSSR count). The predicted molar refractivity (Wildman–Crippen MR) is 90.3 cm³/mol. The van der Waals surface area contributed by atoms with E-state index in [1.54, 1.807) is 0 Å². The van der Waals surface area contributed by atoms with E-state index in [9.17, 15) is 5.11 Å². The zero-order valence-corrected chi connectivity index (χ0v) is 13.5. The van der Waals surface area contributed by atoms with Gasteiger partial charge in [-0.2, -0.15) is 0 Å². The van der Waals surface area contributed by atoms with Gasteiger partial charge in [0.1, 0.15) is 0 Å². The average Bonchev–Trinajstić information content (AvgIpc) is 2.55. The number of aliphatic hydroxyl groups is 1. The van der Waals surface area contributed by atoms with Crippen molar-refractivity contribution in [2.75, 3.05) is 18.0 Å². The Morgan fingerprint density at radius 1 is 1.18 bits per heavy atom. The molecule has 1 N–H and O–H groups in total. The fraction of sp³-hybridized carbons (Fsp3) is 0.389. The van der Waals surface area contributed by atoms with Crippen molar-refractivity contribution in [1.82, 2.24) is 4.98 Å². The zero-order valence-electron chi connectivity index (χ0n) is 12.7. The molecule has 4 heteroatoms. The zero-order chi connectivity index (χ0) is 15.5. The number of hydrogen-bond donors (Lipinski definition) is 1. The molecule has 3 nitrogen and oxygen atoms in total. The van der Waals surface area contributed by atoms with Gasteiger partial charge in [-0.25, -0.2) is 0 Å². The van der Waals surface area contributed by atoms with Crippen molar-refractivity contribution in [3.05, 3.63) is 58.9 Å². The minimum atomic E-state index is -0.404. The number of aliphatic hydroxyl groups excluding tert-OH is 1. The lowest BCUT2D eigenvalue weighted by atomic mass is 9.87. The van der Waals surface area contributed by atoms with Crippen molar-refractivity contribution in [2.45, 2.75) is 25.9 Å². The normalized spacial score (nSPS) is 17.5. The number of aromatic nitrogens is 1. The monoisotopic (exact) mass is 316 g/mol. The van der Waals surface area contributed by atoms with Crippen LogP contribution in [-0.2, 0) is 0 Å². The highest BCUT2D eigenvalue weighted by Crippen LogP contribution is 2.32. The number of halogens is 1. The van der Waals surface area contributed by atoms with E-state index >= 15 is 0 Å². The molecule has 1 aromatic heterocycles. The van der Waals surface area contributed by atoms with Gasteiger partial charge in [0.15, 0.2) is 0 Å². The van der Waals surface area contributed by atoms with E-state index in [1.807, 2.05) is 37.4 Å². The molecule has 1 atom stereocenters. The van der Waals surface area contributed by atoms with E-state index in [0.717, 1.165) is 37.2 Å². The number of hydrogen-bond acceptors (Lipinski definition) is 3. The quantitative estimate of drug-likeness (QED) is 0.930. The molecule has 0 bridgehead atoms. The van der Waals surface area contributed by atoms with Crippen LogP contribution in [0.1, 0.15) is 30.2 Å². The third-order valence-electron chi connectivity index (χ3n) is 4.44. The minimum absolute atomic E-state index is 0.306. The molecule has 0 spiro atoms. The van der Waals surface area contributed by atoms with Crippen LogP contribution in [0.3, 0.4) is 0 Å². The summed E-state index contributed by atoms with van der Waals surface area (Å²) < 4.78 is 0. The molecular weight excluding hydrogens is 296 g/mol. The van der Waals surface area contributed by atoms with Crippen LogP contribution in [0.5, 0.6) is 0 Å². The van der Waals surface area contributed by atoms with E-state index in [2.05, 4.69) is 22.0 Å². The lowest BCUT2D eigenvalue weighted by Crippen LogP contribution is -2.35. The Morgan fingerprint density at radius 2 is 1.86 bits per heavy atom. The largest absolute Gasteiger partial charge is 0.388 e. The van der Waals surface area contributed by atoms with Crippen LogP contribution in [-0.4, -0.2) is 23.2 Å². The highest BCUT2D eigenvalue weighted by molar-refractivity contribution is 6.30. The molecule has 22 heavy (non-hydrogen) atoms. The third kappa shape index (κ3) is 3.42. The summed E-state index contributed by atoms with van der Waals surface area (Å²) in [7, 11) is 0. The maximum atomic E-state index is 10.6. The van der Waals surface area contributed by atoms with Gasteiger partial charge in [0.25, 0.3) is 0 Å². The summed E-state index contributed by atoms with van der Waals surface area (Å²) >= 11 is 5.91. The predicted octanol–water partition coefficient (Wildman–Crippen LogP) is 3.99. The molecular formula is C18H21ClN2O. The van der Waals surface area contributed by atoms with Gasteiger partial charge in [-0.1, -0.05) is 23.7 Å². The Hall–Kier alpha value is -1.58. The number of nitrogens with zero attached hydrogens (tertiary/aromatic N) is 2. The van der Waals surface area contributed by atoms with E-state index in [0.29, 0.717) is 10.9 Å². The van der Waals surface area contributed by atoms with E-state index in [4.69, 9.17) is 11.6 Å². The Labute approximate surface area is 136 Å². The summed E-state index contributed by atoms with van der Waals surface area (Å²) in [5.41, 5.74) is 3.23. The van der Waals surface area contributed by atoms with Crippen molar-refractivity contribution in [1.29, 1.82) is 0 Å². The molecule has 2 heterocycles. The van der Waals surface area contributed by atoms with Crippen LogP contribution in [0, 0.1) is 12.8 Å². The molecule has 0 radical (unpaired) electrons. The van der Waals surface area contributed by atoms with Gasteiger partial charge >= 0.3 is 0 Å². The molecule has 1 saturated heterocycles. The molecule has 1 fully saturated rings. The molecule has 116 valence electrons. The number of anilines is 1. The second-order valence-electron chi connectivity index (χ2n) is 5.98. The Morgan fingerprint density at radius 3 is 2.50 bits per heavy atom. The molecule has 1 aromatic carbocycles. The lowest BCUT2D eigenvalue weighted by molar-refractivity contribution is 0.0930. The Balaban J connectivity index is 1.62. The maximum absolute atomic E-state index is 10.6. The first-order valence-electron chi connectivity index (χ1n) is 7.74. The summed E-state index contributed by atoms with van der Waals surface area (Å²) in [6.45, 7) is 3.96. The Kier molecular flexibility index (Phi) is 4.65. The number of piperidine rings is 1. The summed E-state index contributed by atoms with van der Waals surface area (Å²) in [6, 6.07) is 11.7. The number of aryl methyl sites for hydroxylation is 1. The fourth-order valence-corrected chi connectivity index (χ4v) is 3.26. The smallest absolute Gasteiger partial charge is 0.0819 e. The number of pyridine rings is 1. The number of benzene rings is 1. The molecule has 0 aliphatic carbocycles. The van der Waals surface area contributed by atoms with Gasteiger partial charge in [0, 0.05) is 35.7 Å². The van der Waals surface area contributed by atoms with Crippen LogP contribution in [0.15, 0.2) is 42.6 Å². The molecule has 0 amide bonds. The van der Waals surface area contributed by atoms with Gasteiger partial charge in [-0.05, 0) is 55.5 Å². The second-order valence-corrected chi connectivity index (χ2v) is 6.41. The van der Waals surface area contributed by atoms with Crippen molar-refractivity contribution in [3.63, 3.8) is 0 Å². The SMILES string of the molecule is Cc1cc(N2CCC(C(O)c3ccc(Cl)cc3)CC2)ccn1. The highest BCUT2D eigenvalue weighted by Gasteiger charge is 2.26. The molecule has 1 aliphatic heterocycles. The van der Waals surface area contributed by atoms with Gasteiger partial charge in [0.05, 0.1) is 6.10 Å². The van der Waals surface area contributed by atoms with E-state index < -0.39 is 6.10 Å². The topological polar surface area (TPSA) is 36.4 Å². The van der Waals surface area contributed by atoms with Gasteiger partial charge < -0.3 is 10.0 Å². The molecule has 1 unspecified atom stereocenters. The van der Waals surface area contributed by atoms with Gasteiger partial charge in [-0.3, -0.25) is 4.98 Å². The van der Waals surface area contributed by atoms with Crippen molar-refractivity contribution in [3.8, 4) is 0 Å². The van der Waals surface area contributed by atoms with Crippen molar-refractivity contribution >= 4 is 17.3 Å². The van der Waals surface area contributed by atoms with E-state index in [1.165, 1.54) is 5.69 Å². The maximum Gasteiger partial charge on any atom is 0.0819 e. The Bertz CT molecular complexity index is 621. The standard InChI is InChI=1S/C18H21ClN2O/c1-13-12-17(6-9-20-13)21-10-7-15(8-11-21)18(22)14-2-4-16(19)5-3-14/h2-6,9,12,15,18,22H,7-8,10-11H2,1H3. The van der Waals surface area contributed by atoms with E-state index in [-0.39, 0.29) is 0 Å². The second kappa shape index (κ2) is 6.67. The summed E-state index contributed by atoms with van der Waals surface area (Å²) in [5, 5.41) is 11.3. The van der Waals surface area contributed by atoms with Crippen molar-refractivity contribution in [2.24, 2.45) is 5.92 Å². The van der Waals surface area contributed by atoms with Crippen LogP contribution in [0.25, 0.3) is 0 Å². The molecule has 0 saturated carbocycles. The average molecular weight is 317 g/mol. The fourth-order valence-electron chi connectivity index (χ4n) is 3.13. The molecule has 1 aliphatic rings. The van der Waals surface area contributed by atoms with Crippen LogP contribution in [0.2, 0.25) is 5.02 Å². The lowest BCUT2D eigenvalue weighted by Gasteiger charge is -2.35. The third-order valence-corrected chi connectivity index (χ3v) is 4.70. The number of rotatable bonds is 3. The van der Waals surface area contributed by atoms with Gasteiger partial charge in [-0.15, -0.1) is 0 Å². The van der Waals surface area contributed by atoms with Crippen LogP contribution < -0.4 is 4.90 Å².